The van der Waals surface area contributed by atoms with Crippen LogP contribution in [-0.4, -0.2) is 44.7 Å². The van der Waals surface area contributed by atoms with Gasteiger partial charge in [0.2, 0.25) is 0 Å². The summed E-state index contributed by atoms with van der Waals surface area (Å²) in [4.78, 5) is 30.6. The summed E-state index contributed by atoms with van der Waals surface area (Å²) in [5.74, 6) is -0.0621. The second kappa shape index (κ2) is 4.61. The third-order valence-corrected chi connectivity index (χ3v) is 2.55. The Morgan fingerprint density at radius 2 is 2.22 bits per heavy atom. The summed E-state index contributed by atoms with van der Waals surface area (Å²) >= 11 is 5.82. The molecule has 18 heavy (non-hydrogen) atoms. The molecule has 0 bridgehead atoms. The third-order valence-electron chi connectivity index (χ3n) is 2.21. The predicted octanol–water partition coefficient (Wildman–Crippen LogP) is 0.311. The lowest BCUT2D eigenvalue weighted by atomic mass is 10.4. The Hall–Kier alpha value is -2.15. The molecule has 0 aliphatic heterocycles. The number of carbonyl (C=O) groups excluding carboxylic acids is 1. The molecule has 0 fully saturated rings. The summed E-state index contributed by atoms with van der Waals surface area (Å²) < 4.78 is 1.29. The number of amides is 1. The molecular formula is C10H10ClN5O2. The Bertz CT molecular complexity index is 646. The third kappa shape index (κ3) is 2.12. The Kier molecular flexibility index (Phi) is 3.15. The summed E-state index contributed by atoms with van der Waals surface area (Å²) in [6.07, 6.45) is 2.74. The second-order valence-electron chi connectivity index (χ2n) is 3.71. The van der Waals surface area contributed by atoms with Crippen LogP contribution in [0.1, 0.15) is 10.5 Å². The molecule has 0 aliphatic rings. The van der Waals surface area contributed by atoms with Crippen molar-refractivity contribution in [3.05, 3.63) is 39.7 Å². The van der Waals surface area contributed by atoms with Crippen molar-refractivity contribution in [2.45, 2.75) is 0 Å². The summed E-state index contributed by atoms with van der Waals surface area (Å²) in [6, 6.07) is 1.53. The van der Waals surface area contributed by atoms with E-state index < -0.39 is 5.56 Å². The highest BCUT2D eigenvalue weighted by Crippen LogP contribution is 2.12. The molecule has 2 rings (SSSR count). The van der Waals surface area contributed by atoms with Crippen molar-refractivity contribution in [2.24, 2.45) is 0 Å². The first-order chi connectivity index (χ1) is 8.50. The normalized spacial score (nSPS) is 10.4. The minimum atomic E-state index is -0.461. The fourth-order valence-corrected chi connectivity index (χ4v) is 1.51. The Morgan fingerprint density at radius 1 is 1.50 bits per heavy atom. The van der Waals surface area contributed by atoms with Crippen LogP contribution in [0.25, 0.3) is 5.82 Å². The number of aromatic amines is 1. The van der Waals surface area contributed by atoms with E-state index in [1.54, 1.807) is 14.1 Å². The number of halogens is 1. The predicted molar refractivity (Wildman–Crippen MR) is 65.0 cm³/mol. The maximum atomic E-state index is 11.7. The van der Waals surface area contributed by atoms with E-state index >= 15 is 0 Å². The molecule has 0 aromatic carbocycles. The van der Waals surface area contributed by atoms with Crippen LogP contribution in [0.2, 0.25) is 5.02 Å². The molecule has 0 radical (unpaired) electrons. The molecule has 7 nitrogen and oxygen atoms in total. The fraction of sp³-hybridized carbons (Fsp3) is 0.200. The lowest BCUT2D eigenvalue weighted by Gasteiger charge is -2.06. The van der Waals surface area contributed by atoms with E-state index in [2.05, 4.69) is 15.1 Å². The van der Waals surface area contributed by atoms with Gasteiger partial charge in [-0.3, -0.25) is 9.59 Å². The molecule has 0 unspecified atom stereocenters. The molecule has 1 amide bonds. The van der Waals surface area contributed by atoms with Crippen molar-refractivity contribution in [3.63, 3.8) is 0 Å². The van der Waals surface area contributed by atoms with Gasteiger partial charge in [0.05, 0.1) is 6.33 Å². The molecule has 1 N–H and O–H groups in total. The van der Waals surface area contributed by atoms with Gasteiger partial charge in [-0.2, -0.15) is 5.10 Å². The molecule has 0 atom stereocenters. The van der Waals surface area contributed by atoms with E-state index in [1.165, 1.54) is 28.2 Å². The fourth-order valence-electron chi connectivity index (χ4n) is 1.32. The van der Waals surface area contributed by atoms with E-state index in [-0.39, 0.29) is 22.4 Å². The van der Waals surface area contributed by atoms with Crippen molar-refractivity contribution in [1.29, 1.82) is 0 Å². The Balaban J connectivity index is 2.45. The van der Waals surface area contributed by atoms with Gasteiger partial charge in [0.25, 0.3) is 11.5 Å². The van der Waals surface area contributed by atoms with Gasteiger partial charge in [-0.1, -0.05) is 11.6 Å². The number of nitrogens with zero attached hydrogens (tertiary/aromatic N) is 4. The lowest BCUT2D eigenvalue weighted by molar-refractivity contribution is 0.0821. The second-order valence-corrected chi connectivity index (χ2v) is 4.09. The van der Waals surface area contributed by atoms with Crippen molar-refractivity contribution in [2.75, 3.05) is 14.1 Å². The topological polar surface area (TPSA) is 83.9 Å². The van der Waals surface area contributed by atoms with E-state index in [0.29, 0.717) is 0 Å². The van der Waals surface area contributed by atoms with Crippen LogP contribution in [0, 0.1) is 0 Å². The van der Waals surface area contributed by atoms with Crippen molar-refractivity contribution in [1.82, 2.24) is 24.6 Å². The molecule has 0 saturated carbocycles. The van der Waals surface area contributed by atoms with Gasteiger partial charge in [0.15, 0.2) is 16.5 Å². The Labute approximate surface area is 107 Å². The van der Waals surface area contributed by atoms with Gasteiger partial charge < -0.3 is 9.88 Å². The minimum absolute atomic E-state index is 0.0792. The summed E-state index contributed by atoms with van der Waals surface area (Å²) in [7, 11) is 3.25. The largest absolute Gasteiger partial charge is 0.343 e. The lowest BCUT2D eigenvalue weighted by Crippen LogP contribution is -2.22. The number of aromatic nitrogens is 4. The first kappa shape index (κ1) is 12.3. The molecule has 2 aromatic heterocycles. The van der Waals surface area contributed by atoms with Crippen LogP contribution in [-0.2, 0) is 0 Å². The van der Waals surface area contributed by atoms with Crippen LogP contribution < -0.4 is 5.56 Å². The van der Waals surface area contributed by atoms with Crippen LogP contribution in [0.3, 0.4) is 0 Å². The number of rotatable bonds is 2. The van der Waals surface area contributed by atoms with Crippen molar-refractivity contribution >= 4 is 17.5 Å². The summed E-state index contributed by atoms with van der Waals surface area (Å²) in [5.41, 5.74) is -0.212. The number of carbonyl (C=O) groups is 1. The van der Waals surface area contributed by atoms with Crippen LogP contribution in [0.4, 0.5) is 0 Å². The summed E-state index contributed by atoms with van der Waals surface area (Å²) in [6.45, 7) is 0. The average molecular weight is 268 g/mol. The number of hydrogen-bond acceptors (Lipinski definition) is 4. The monoisotopic (exact) mass is 267 g/mol. The highest BCUT2D eigenvalue weighted by molar-refractivity contribution is 6.31. The number of H-pyrrole nitrogens is 1. The SMILES string of the molecule is CN(C)C(=O)c1ccn(-c2nc[nH]c(=O)c2Cl)n1. The first-order valence-electron chi connectivity index (χ1n) is 5.01. The first-order valence-corrected chi connectivity index (χ1v) is 5.39. The van der Waals surface area contributed by atoms with Gasteiger partial charge >= 0.3 is 0 Å². The van der Waals surface area contributed by atoms with Gasteiger partial charge in [-0.25, -0.2) is 9.67 Å². The van der Waals surface area contributed by atoms with Gasteiger partial charge in [-0.15, -0.1) is 0 Å². The van der Waals surface area contributed by atoms with Crippen molar-refractivity contribution < 1.29 is 4.79 Å². The van der Waals surface area contributed by atoms with Gasteiger partial charge in [-0.05, 0) is 6.07 Å². The number of nitrogens with one attached hydrogen (secondary N) is 1. The molecular weight excluding hydrogens is 258 g/mol. The van der Waals surface area contributed by atoms with Gasteiger partial charge in [0.1, 0.15) is 0 Å². The molecule has 94 valence electrons. The molecule has 0 spiro atoms. The zero-order valence-electron chi connectivity index (χ0n) is 9.72. The molecule has 0 saturated heterocycles. The zero-order valence-corrected chi connectivity index (χ0v) is 10.5. The zero-order chi connectivity index (χ0) is 13.3. The smallest absolute Gasteiger partial charge is 0.273 e. The van der Waals surface area contributed by atoms with Crippen LogP contribution in [0.5, 0.6) is 0 Å². The van der Waals surface area contributed by atoms with E-state index in [0.717, 1.165) is 0 Å². The highest BCUT2D eigenvalue weighted by Gasteiger charge is 2.14. The quantitative estimate of drug-likeness (QED) is 0.849. The van der Waals surface area contributed by atoms with Gasteiger partial charge in [0, 0.05) is 20.3 Å². The molecule has 2 heterocycles. The summed E-state index contributed by atoms with van der Waals surface area (Å²) in [5, 5.41) is 3.95. The van der Waals surface area contributed by atoms with E-state index in [1.807, 2.05) is 0 Å². The average Bonchev–Trinajstić information content (AvgIpc) is 2.80. The molecule has 8 heteroatoms. The van der Waals surface area contributed by atoms with Crippen LogP contribution >= 0.6 is 11.6 Å². The maximum Gasteiger partial charge on any atom is 0.273 e. The minimum Gasteiger partial charge on any atom is -0.343 e. The number of hydrogen-bond donors (Lipinski definition) is 1. The van der Waals surface area contributed by atoms with E-state index in [9.17, 15) is 9.59 Å². The molecule has 0 aliphatic carbocycles. The van der Waals surface area contributed by atoms with E-state index in [4.69, 9.17) is 11.6 Å². The highest BCUT2D eigenvalue weighted by atomic mass is 35.5. The Morgan fingerprint density at radius 3 is 2.89 bits per heavy atom. The maximum absolute atomic E-state index is 11.7. The molecule has 2 aromatic rings. The standard InChI is InChI=1S/C10H10ClN5O2/c1-15(2)10(18)6-3-4-16(14-6)8-7(11)9(17)13-5-12-8/h3-5H,1-2H3,(H,12,13,17). The van der Waals surface area contributed by atoms with Crippen LogP contribution in [0.15, 0.2) is 23.4 Å². The van der Waals surface area contributed by atoms with Crippen molar-refractivity contribution in [3.8, 4) is 5.82 Å².